The van der Waals surface area contributed by atoms with E-state index in [1.165, 1.54) is 7.11 Å². The molecule has 0 radical (unpaired) electrons. The molecule has 0 spiro atoms. The lowest BCUT2D eigenvalue weighted by Crippen LogP contribution is -2.04. The van der Waals surface area contributed by atoms with Crippen LogP contribution in [0.5, 0.6) is 0 Å². The van der Waals surface area contributed by atoms with Crippen LogP contribution in [0.3, 0.4) is 0 Å². The SMILES string of the molecule is COC(=O)c1cccc(-c2cccc(C)c2C(=O)O)c1. The van der Waals surface area contributed by atoms with Crippen molar-refractivity contribution in [2.24, 2.45) is 0 Å². The van der Waals surface area contributed by atoms with Crippen LogP contribution in [0.4, 0.5) is 0 Å². The Morgan fingerprint density at radius 2 is 1.80 bits per heavy atom. The van der Waals surface area contributed by atoms with Crippen molar-refractivity contribution in [1.29, 1.82) is 0 Å². The van der Waals surface area contributed by atoms with Gasteiger partial charge in [0.2, 0.25) is 0 Å². The highest BCUT2D eigenvalue weighted by Gasteiger charge is 2.15. The zero-order valence-corrected chi connectivity index (χ0v) is 11.2. The minimum absolute atomic E-state index is 0.245. The first-order valence-corrected chi connectivity index (χ1v) is 6.06. The smallest absolute Gasteiger partial charge is 0.337 e. The number of carboxylic acids is 1. The second kappa shape index (κ2) is 5.57. The van der Waals surface area contributed by atoms with E-state index in [1.807, 2.05) is 0 Å². The molecule has 0 saturated carbocycles. The maximum absolute atomic E-state index is 11.5. The number of carboxylic acid groups (broad SMARTS) is 1. The molecule has 0 fully saturated rings. The number of ether oxygens (including phenoxy) is 1. The van der Waals surface area contributed by atoms with Crippen LogP contribution in [0.2, 0.25) is 0 Å². The van der Waals surface area contributed by atoms with Gasteiger partial charge in [-0.2, -0.15) is 0 Å². The van der Waals surface area contributed by atoms with E-state index in [-0.39, 0.29) is 5.56 Å². The molecule has 0 aliphatic heterocycles. The predicted molar refractivity (Wildman–Crippen MR) is 74.9 cm³/mol. The van der Waals surface area contributed by atoms with E-state index in [9.17, 15) is 14.7 Å². The van der Waals surface area contributed by atoms with Crippen LogP contribution in [-0.4, -0.2) is 24.2 Å². The summed E-state index contributed by atoms with van der Waals surface area (Å²) in [5.74, 6) is -1.43. The van der Waals surface area contributed by atoms with Crippen LogP contribution >= 0.6 is 0 Å². The lowest BCUT2D eigenvalue weighted by Gasteiger charge is -2.10. The van der Waals surface area contributed by atoms with Gasteiger partial charge in [0.05, 0.1) is 18.2 Å². The van der Waals surface area contributed by atoms with Crippen molar-refractivity contribution in [3.8, 4) is 11.1 Å². The molecule has 4 nitrogen and oxygen atoms in total. The molecule has 0 heterocycles. The molecule has 0 aliphatic rings. The minimum atomic E-state index is -0.985. The summed E-state index contributed by atoms with van der Waals surface area (Å²) >= 11 is 0. The summed E-state index contributed by atoms with van der Waals surface area (Å²) in [5.41, 5.74) is 2.58. The topological polar surface area (TPSA) is 63.6 Å². The highest BCUT2D eigenvalue weighted by atomic mass is 16.5. The maximum Gasteiger partial charge on any atom is 0.337 e. The Hall–Kier alpha value is -2.62. The second-order valence-corrected chi connectivity index (χ2v) is 4.38. The zero-order valence-electron chi connectivity index (χ0n) is 11.2. The number of rotatable bonds is 3. The molecule has 0 unspecified atom stereocenters. The highest BCUT2D eigenvalue weighted by Crippen LogP contribution is 2.27. The largest absolute Gasteiger partial charge is 0.478 e. The Bertz CT molecular complexity index is 674. The summed E-state index contributed by atoms with van der Waals surface area (Å²) in [6, 6.07) is 12.0. The molecule has 20 heavy (non-hydrogen) atoms. The van der Waals surface area contributed by atoms with Gasteiger partial charge in [0.25, 0.3) is 0 Å². The van der Waals surface area contributed by atoms with Gasteiger partial charge in [0.15, 0.2) is 0 Å². The van der Waals surface area contributed by atoms with Gasteiger partial charge >= 0.3 is 11.9 Å². The van der Waals surface area contributed by atoms with Gasteiger partial charge in [-0.05, 0) is 35.7 Å². The van der Waals surface area contributed by atoms with E-state index in [0.29, 0.717) is 22.3 Å². The number of esters is 1. The first-order valence-electron chi connectivity index (χ1n) is 6.06. The quantitative estimate of drug-likeness (QED) is 0.870. The van der Waals surface area contributed by atoms with Crippen LogP contribution in [0, 0.1) is 6.92 Å². The number of aryl methyl sites for hydroxylation is 1. The normalized spacial score (nSPS) is 10.1. The first kappa shape index (κ1) is 13.8. The van der Waals surface area contributed by atoms with Crippen LogP contribution in [0.25, 0.3) is 11.1 Å². The van der Waals surface area contributed by atoms with E-state index < -0.39 is 11.9 Å². The zero-order chi connectivity index (χ0) is 14.7. The van der Waals surface area contributed by atoms with Gasteiger partial charge in [0, 0.05) is 0 Å². The van der Waals surface area contributed by atoms with Crippen LogP contribution in [0.15, 0.2) is 42.5 Å². The van der Waals surface area contributed by atoms with E-state index >= 15 is 0 Å². The van der Waals surface area contributed by atoms with Gasteiger partial charge in [-0.3, -0.25) is 0 Å². The summed E-state index contributed by atoms with van der Waals surface area (Å²) in [7, 11) is 1.31. The average Bonchev–Trinajstić information content (AvgIpc) is 2.45. The maximum atomic E-state index is 11.5. The molecule has 0 aromatic heterocycles. The molecule has 2 aromatic carbocycles. The monoisotopic (exact) mass is 270 g/mol. The van der Waals surface area contributed by atoms with Crippen molar-refractivity contribution in [2.75, 3.05) is 7.11 Å². The predicted octanol–water partition coefficient (Wildman–Crippen LogP) is 3.15. The summed E-state index contributed by atoms with van der Waals surface area (Å²) in [6.45, 7) is 1.75. The molecular formula is C16H14O4. The van der Waals surface area contributed by atoms with Crippen molar-refractivity contribution in [1.82, 2.24) is 0 Å². The molecule has 1 N–H and O–H groups in total. The fourth-order valence-corrected chi connectivity index (χ4v) is 2.12. The number of hydrogen-bond acceptors (Lipinski definition) is 3. The Morgan fingerprint density at radius 3 is 2.45 bits per heavy atom. The Morgan fingerprint density at radius 1 is 1.10 bits per heavy atom. The number of carbonyl (C=O) groups excluding carboxylic acids is 1. The summed E-state index contributed by atoms with van der Waals surface area (Å²) in [6.07, 6.45) is 0. The van der Waals surface area contributed by atoms with Crippen molar-refractivity contribution in [3.05, 3.63) is 59.2 Å². The van der Waals surface area contributed by atoms with Gasteiger partial charge in [-0.1, -0.05) is 30.3 Å². The molecule has 0 aliphatic carbocycles. The Kier molecular flexibility index (Phi) is 3.84. The molecule has 0 saturated heterocycles. The molecule has 2 aromatic rings. The summed E-state index contributed by atoms with van der Waals surface area (Å²) in [5, 5.41) is 9.34. The van der Waals surface area contributed by atoms with Gasteiger partial charge in [0.1, 0.15) is 0 Å². The molecule has 0 amide bonds. The second-order valence-electron chi connectivity index (χ2n) is 4.38. The lowest BCUT2D eigenvalue weighted by atomic mass is 9.95. The molecule has 2 rings (SSSR count). The first-order chi connectivity index (χ1) is 9.54. The Labute approximate surface area is 116 Å². The van der Waals surface area contributed by atoms with Crippen molar-refractivity contribution < 1.29 is 19.4 Å². The number of benzene rings is 2. The van der Waals surface area contributed by atoms with Crippen molar-refractivity contribution >= 4 is 11.9 Å². The molecule has 4 heteroatoms. The number of methoxy groups -OCH3 is 1. The van der Waals surface area contributed by atoms with Gasteiger partial charge < -0.3 is 9.84 Å². The standard InChI is InChI=1S/C16H14O4/c1-10-5-3-8-13(14(10)15(17)18)11-6-4-7-12(9-11)16(19)20-2/h3-9H,1-2H3,(H,17,18). The van der Waals surface area contributed by atoms with Crippen LogP contribution in [0.1, 0.15) is 26.3 Å². The fraction of sp³-hybridized carbons (Fsp3) is 0.125. The number of aromatic carboxylic acids is 1. The third-order valence-corrected chi connectivity index (χ3v) is 3.08. The average molecular weight is 270 g/mol. The van der Waals surface area contributed by atoms with Crippen LogP contribution in [-0.2, 0) is 4.74 Å². The summed E-state index contributed by atoms with van der Waals surface area (Å²) in [4.78, 5) is 22.9. The van der Waals surface area contributed by atoms with Gasteiger partial charge in [-0.25, -0.2) is 9.59 Å². The van der Waals surface area contributed by atoms with E-state index in [1.54, 1.807) is 49.4 Å². The van der Waals surface area contributed by atoms with E-state index in [0.717, 1.165) is 0 Å². The van der Waals surface area contributed by atoms with E-state index in [2.05, 4.69) is 4.74 Å². The molecule has 0 bridgehead atoms. The highest BCUT2D eigenvalue weighted by molar-refractivity contribution is 5.98. The third-order valence-electron chi connectivity index (χ3n) is 3.08. The minimum Gasteiger partial charge on any atom is -0.478 e. The molecule has 0 atom stereocenters. The van der Waals surface area contributed by atoms with Gasteiger partial charge in [-0.15, -0.1) is 0 Å². The fourth-order valence-electron chi connectivity index (χ4n) is 2.12. The Balaban J connectivity index is 2.60. The van der Waals surface area contributed by atoms with Crippen LogP contribution < -0.4 is 0 Å². The van der Waals surface area contributed by atoms with Crippen molar-refractivity contribution in [2.45, 2.75) is 6.92 Å². The molecule has 102 valence electrons. The number of hydrogen-bond donors (Lipinski definition) is 1. The number of carbonyl (C=O) groups is 2. The van der Waals surface area contributed by atoms with Crippen molar-refractivity contribution in [3.63, 3.8) is 0 Å². The lowest BCUT2D eigenvalue weighted by molar-refractivity contribution is 0.0600. The van der Waals surface area contributed by atoms with E-state index in [4.69, 9.17) is 0 Å². The third kappa shape index (κ3) is 2.54. The molecular weight excluding hydrogens is 256 g/mol. The summed E-state index contributed by atoms with van der Waals surface area (Å²) < 4.78 is 4.67.